The monoisotopic (exact) mass is 379 g/mol. The number of carbonyl (C=O) groups is 1. The summed E-state index contributed by atoms with van der Waals surface area (Å²) in [5.41, 5.74) is 1.13. The van der Waals surface area contributed by atoms with Gasteiger partial charge in [-0.1, -0.05) is 31.7 Å². The first-order valence-electron chi connectivity index (χ1n) is 8.37. The predicted octanol–water partition coefficient (Wildman–Crippen LogP) is 3.70. The second-order valence-corrected chi connectivity index (χ2v) is 8.18. The smallest absolute Gasteiger partial charge is 0.254 e. The summed E-state index contributed by atoms with van der Waals surface area (Å²) in [5, 5.41) is 5.74. The van der Waals surface area contributed by atoms with E-state index in [1.165, 1.54) is 16.6 Å². The van der Waals surface area contributed by atoms with Gasteiger partial charge >= 0.3 is 0 Å². The average molecular weight is 380 g/mol. The SMILES string of the molecule is CSc1nc(C)c(CCC(=O)N[C@@H](CC(C)C)c2cccs2)c(=O)[nH]1. The molecule has 0 saturated heterocycles. The summed E-state index contributed by atoms with van der Waals surface area (Å²) in [4.78, 5) is 32.8. The van der Waals surface area contributed by atoms with E-state index in [2.05, 4.69) is 35.2 Å². The Hall–Kier alpha value is -1.60. The second kappa shape index (κ2) is 9.20. The molecule has 0 saturated carbocycles. The zero-order valence-corrected chi connectivity index (χ0v) is 16.7. The molecule has 0 bridgehead atoms. The van der Waals surface area contributed by atoms with Crippen LogP contribution >= 0.6 is 23.1 Å². The lowest BCUT2D eigenvalue weighted by molar-refractivity contribution is -0.121. The van der Waals surface area contributed by atoms with Gasteiger partial charge in [-0.25, -0.2) is 4.98 Å². The van der Waals surface area contributed by atoms with Crippen LogP contribution in [0.3, 0.4) is 0 Å². The molecule has 2 aromatic heterocycles. The number of amides is 1. The van der Waals surface area contributed by atoms with Crippen LogP contribution in [0.4, 0.5) is 0 Å². The number of nitrogens with one attached hydrogen (secondary N) is 2. The molecule has 0 aliphatic heterocycles. The lowest BCUT2D eigenvalue weighted by atomic mass is 10.0. The topological polar surface area (TPSA) is 74.8 Å². The summed E-state index contributed by atoms with van der Waals surface area (Å²) in [6.45, 7) is 6.11. The third-order valence-electron chi connectivity index (χ3n) is 3.92. The van der Waals surface area contributed by atoms with Crippen molar-refractivity contribution in [2.45, 2.75) is 51.2 Å². The normalized spacial score (nSPS) is 12.4. The number of hydrogen-bond donors (Lipinski definition) is 2. The van der Waals surface area contributed by atoms with Crippen molar-refractivity contribution in [1.82, 2.24) is 15.3 Å². The van der Waals surface area contributed by atoms with Gasteiger partial charge < -0.3 is 10.3 Å². The van der Waals surface area contributed by atoms with E-state index in [1.807, 2.05) is 24.6 Å². The minimum Gasteiger partial charge on any atom is -0.348 e. The number of nitrogens with zero attached hydrogens (tertiary/aromatic N) is 1. The number of aromatic nitrogens is 2. The van der Waals surface area contributed by atoms with Crippen molar-refractivity contribution in [2.75, 3.05) is 6.26 Å². The fraction of sp³-hybridized carbons (Fsp3) is 0.500. The lowest BCUT2D eigenvalue weighted by Gasteiger charge is -2.19. The van der Waals surface area contributed by atoms with E-state index in [1.54, 1.807) is 11.3 Å². The molecule has 0 aliphatic rings. The fourth-order valence-electron chi connectivity index (χ4n) is 2.69. The van der Waals surface area contributed by atoms with Crippen molar-refractivity contribution >= 4 is 29.0 Å². The van der Waals surface area contributed by atoms with Gasteiger partial charge in [-0.05, 0) is 43.4 Å². The highest BCUT2D eigenvalue weighted by molar-refractivity contribution is 7.98. The van der Waals surface area contributed by atoms with Crippen LogP contribution in [-0.4, -0.2) is 22.1 Å². The van der Waals surface area contributed by atoms with Crippen LogP contribution in [0.25, 0.3) is 0 Å². The Labute approximate surface area is 156 Å². The quantitative estimate of drug-likeness (QED) is 0.542. The molecule has 0 fully saturated rings. The van der Waals surface area contributed by atoms with Crippen LogP contribution in [0.2, 0.25) is 0 Å². The van der Waals surface area contributed by atoms with Crippen molar-refractivity contribution in [2.24, 2.45) is 5.92 Å². The van der Waals surface area contributed by atoms with Gasteiger partial charge in [0.2, 0.25) is 5.91 Å². The molecule has 2 N–H and O–H groups in total. The van der Waals surface area contributed by atoms with E-state index >= 15 is 0 Å². The van der Waals surface area contributed by atoms with E-state index in [9.17, 15) is 9.59 Å². The van der Waals surface area contributed by atoms with Crippen molar-refractivity contribution in [3.63, 3.8) is 0 Å². The Morgan fingerprint density at radius 3 is 2.76 bits per heavy atom. The number of carbonyl (C=O) groups excluding carboxylic acids is 1. The Kier molecular flexibility index (Phi) is 7.25. The van der Waals surface area contributed by atoms with Gasteiger partial charge in [0, 0.05) is 22.6 Å². The third kappa shape index (κ3) is 5.71. The van der Waals surface area contributed by atoms with Crippen molar-refractivity contribution < 1.29 is 4.79 Å². The summed E-state index contributed by atoms with van der Waals surface area (Å²) < 4.78 is 0. The van der Waals surface area contributed by atoms with Crippen LogP contribution in [-0.2, 0) is 11.2 Å². The standard InChI is InChI=1S/C18H25N3O2S2/c1-11(2)10-14(15-6-5-9-25-15)20-16(22)8-7-13-12(3)19-18(24-4)21-17(13)23/h5-6,9,11,14H,7-8,10H2,1-4H3,(H,20,22)(H,19,21,23)/t14-/m0/s1. The minimum absolute atomic E-state index is 0.0314. The summed E-state index contributed by atoms with van der Waals surface area (Å²) in [6.07, 6.45) is 3.44. The van der Waals surface area contributed by atoms with E-state index in [-0.39, 0.29) is 23.9 Å². The molecule has 7 heteroatoms. The maximum atomic E-state index is 12.4. The Bertz CT molecular complexity index is 754. The Balaban J connectivity index is 2.01. The first-order chi connectivity index (χ1) is 11.9. The van der Waals surface area contributed by atoms with Crippen LogP contribution < -0.4 is 10.9 Å². The molecule has 0 aromatic carbocycles. The van der Waals surface area contributed by atoms with E-state index < -0.39 is 0 Å². The highest BCUT2D eigenvalue weighted by Crippen LogP contribution is 2.25. The molecule has 0 spiro atoms. The second-order valence-electron chi connectivity index (χ2n) is 6.40. The summed E-state index contributed by atoms with van der Waals surface area (Å²) in [5.74, 6) is 0.451. The minimum atomic E-state index is -0.151. The predicted molar refractivity (Wildman–Crippen MR) is 104 cm³/mol. The summed E-state index contributed by atoms with van der Waals surface area (Å²) in [7, 11) is 0. The average Bonchev–Trinajstić information content (AvgIpc) is 3.07. The molecular weight excluding hydrogens is 354 g/mol. The fourth-order valence-corrected chi connectivity index (χ4v) is 3.90. The molecule has 0 aliphatic carbocycles. The lowest BCUT2D eigenvalue weighted by Crippen LogP contribution is -2.30. The molecular formula is C18H25N3O2S2. The van der Waals surface area contributed by atoms with Gasteiger partial charge in [0.05, 0.1) is 6.04 Å². The van der Waals surface area contributed by atoms with Crippen LogP contribution in [0.5, 0.6) is 0 Å². The van der Waals surface area contributed by atoms with E-state index in [0.29, 0.717) is 28.8 Å². The molecule has 2 aromatic rings. The summed E-state index contributed by atoms with van der Waals surface area (Å²) in [6, 6.07) is 4.09. The molecule has 0 unspecified atom stereocenters. The number of thioether (sulfide) groups is 1. The van der Waals surface area contributed by atoms with Crippen molar-refractivity contribution in [3.05, 3.63) is 44.0 Å². The van der Waals surface area contributed by atoms with Gasteiger partial charge in [-0.3, -0.25) is 9.59 Å². The van der Waals surface area contributed by atoms with Gasteiger partial charge in [-0.15, -0.1) is 11.3 Å². The summed E-state index contributed by atoms with van der Waals surface area (Å²) >= 11 is 3.05. The van der Waals surface area contributed by atoms with Gasteiger partial charge in [0.25, 0.3) is 5.56 Å². The van der Waals surface area contributed by atoms with Crippen LogP contribution in [0.15, 0.2) is 27.5 Å². The van der Waals surface area contributed by atoms with Gasteiger partial charge in [0.15, 0.2) is 5.16 Å². The number of H-pyrrole nitrogens is 1. The van der Waals surface area contributed by atoms with Crippen molar-refractivity contribution in [3.8, 4) is 0 Å². The van der Waals surface area contributed by atoms with Gasteiger partial charge in [-0.2, -0.15) is 0 Å². The molecule has 5 nitrogen and oxygen atoms in total. The largest absolute Gasteiger partial charge is 0.348 e. The third-order valence-corrected chi connectivity index (χ3v) is 5.49. The number of rotatable bonds is 8. The molecule has 0 radical (unpaired) electrons. The van der Waals surface area contributed by atoms with Crippen LogP contribution in [0, 0.1) is 12.8 Å². The molecule has 136 valence electrons. The molecule has 25 heavy (non-hydrogen) atoms. The molecule has 2 heterocycles. The molecule has 1 atom stereocenters. The maximum Gasteiger partial charge on any atom is 0.254 e. The Morgan fingerprint density at radius 1 is 1.44 bits per heavy atom. The number of thiophene rings is 1. The van der Waals surface area contributed by atoms with Gasteiger partial charge in [0.1, 0.15) is 0 Å². The number of hydrogen-bond acceptors (Lipinski definition) is 5. The molecule has 2 rings (SSSR count). The number of aromatic amines is 1. The molecule has 1 amide bonds. The highest BCUT2D eigenvalue weighted by atomic mass is 32.2. The highest BCUT2D eigenvalue weighted by Gasteiger charge is 2.18. The Morgan fingerprint density at radius 2 is 2.20 bits per heavy atom. The number of aryl methyl sites for hydroxylation is 1. The van der Waals surface area contributed by atoms with E-state index in [4.69, 9.17) is 0 Å². The first-order valence-corrected chi connectivity index (χ1v) is 10.5. The zero-order valence-electron chi connectivity index (χ0n) is 15.1. The van der Waals surface area contributed by atoms with Crippen molar-refractivity contribution in [1.29, 1.82) is 0 Å². The first kappa shape index (κ1) is 19.7. The maximum absolute atomic E-state index is 12.4. The van der Waals surface area contributed by atoms with Crippen LogP contribution in [0.1, 0.15) is 48.9 Å². The zero-order chi connectivity index (χ0) is 18.4. The van der Waals surface area contributed by atoms with E-state index in [0.717, 1.165) is 6.42 Å².